The van der Waals surface area contributed by atoms with Crippen LogP contribution in [0, 0.1) is 0 Å². The number of aryl methyl sites for hydroxylation is 1. The van der Waals surface area contributed by atoms with Crippen molar-refractivity contribution in [1.82, 2.24) is 9.55 Å². The molecule has 1 saturated heterocycles. The Balaban J connectivity index is 0.000000677. The third-order valence-corrected chi connectivity index (χ3v) is 3.14. The van der Waals surface area contributed by atoms with E-state index in [1.807, 2.05) is 6.92 Å². The Kier molecular flexibility index (Phi) is 6.66. The highest BCUT2D eigenvalue weighted by Gasteiger charge is 2.35. The predicted octanol–water partition coefficient (Wildman–Crippen LogP) is -0.0885. The molecule has 0 aromatic carbocycles. The second-order valence-electron chi connectivity index (χ2n) is 4.41. The standard InChI is InChI=1S/C11H17N3O4.CH2F2/c1-2-6-4-14(11(17)13-10(6)12)9-3-7(16)8(5-15)18-9;2-1-3/h4,7-9,15-16H,2-3,5H2,1H3,(H2,12,13,17);1H2. The molecule has 21 heavy (non-hydrogen) atoms. The van der Waals surface area contributed by atoms with E-state index in [0.717, 1.165) is 5.56 Å². The van der Waals surface area contributed by atoms with Gasteiger partial charge in [0.05, 0.1) is 12.7 Å². The van der Waals surface area contributed by atoms with Crippen LogP contribution in [-0.4, -0.2) is 45.5 Å². The maximum absolute atomic E-state index is 11.7. The van der Waals surface area contributed by atoms with E-state index in [1.165, 1.54) is 4.57 Å². The number of halogens is 2. The minimum atomic E-state index is -1.75. The molecule has 0 amide bonds. The lowest BCUT2D eigenvalue weighted by molar-refractivity contribution is -0.0459. The molecule has 9 heteroatoms. The molecule has 1 fully saturated rings. The number of ether oxygens (including phenoxy) is 1. The Labute approximate surface area is 120 Å². The highest BCUT2D eigenvalue weighted by molar-refractivity contribution is 5.36. The van der Waals surface area contributed by atoms with Gasteiger partial charge in [0.15, 0.2) is 0 Å². The first kappa shape index (κ1) is 17.5. The number of nitrogens with two attached hydrogens (primary N) is 1. The van der Waals surface area contributed by atoms with E-state index in [2.05, 4.69) is 4.98 Å². The minimum absolute atomic E-state index is 0.219. The maximum Gasteiger partial charge on any atom is 0.351 e. The van der Waals surface area contributed by atoms with Crippen LogP contribution in [-0.2, 0) is 11.2 Å². The molecule has 2 heterocycles. The Morgan fingerprint density at radius 3 is 2.67 bits per heavy atom. The van der Waals surface area contributed by atoms with Crippen LogP contribution in [0.5, 0.6) is 0 Å². The molecule has 7 nitrogen and oxygen atoms in total. The third kappa shape index (κ3) is 4.19. The molecular weight excluding hydrogens is 288 g/mol. The van der Waals surface area contributed by atoms with Crippen molar-refractivity contribution in [2.75, 3.05) is 19.3 Å². The van der Waals surface area contributed by atoms with Crippen LogP contribution in [0.1, 0.15) is 25.1 Å². The Bertz CT molecular complexity index is 512. The second-order valence-corrected chi connectivity index (χ2v) is 4.41. The molecule has 2 rings (SSSR count). The number of nitrogen functional groups attached to an aromatic ring is 1. The zero-order valence-electron chi connectivity index (χ0n) is 11.6. The van der Waals surface area contributed by atoms with Gasteiger partial charge in [0, 0.05) is 18.2 Å². The van der Waals surface area contributed by atoms with Gasteiger partial charge in [-0.3, -0.25) is 4.57 Å². The monoisotopic (exact) mass is 307 g/mol. The summed E-state index contributed by atoms with van der Waals surface area (Å²) in [6, 6.07) is 0. The highest BCUT2D eigenvalue weighted by Crippen LogP contribution is 2.27. The summed E-state index contributed by atoms with van der Waals surface area (Å²) in [7, 11) is 0. The van der Waals surface area contributed by atoms with Crippen LogP contribution in [0.25, 0.3) is 0 Å². The van der Waals surface area contributed by atoms with E-state index in [4.69, 9.17) is 15.6 Å². The molecule has 0 bridgehead atoms. The normalized spacial score (nSPS) is 24.5. The van der Waals surface area contributed by atoms with Crippen molar-refractivity contribution >= 4 is 5.82 Å². The van der Waals surface area contributed by atoms with Gasteiger partial charge in [-0.25, -0.2) is 13.6 Å². The minimum Gasteiger partial charge on any atom is -0.394 e. The lowest BCUT2D eigenvalue weighted by Gasteiger charge is -2.15. The van der Waals surface area contributed by atoms with Gasteiger partial charge in [0.2, 0.25) is 6.93 Å². The summed E-state index contributed by atoms with van der Waals surface area (Å²) < 4.78 is 26.0. The van der Waals surface area contributed by atoms with Crippen LogP contribution in [0.3, 0.4) is 0 Å². The van der Waals surface area contributed by atoms with E-state index in [-0.39, 0.29) is 18.8 Å². The number of anilines is 1. The first-order chi connectivity index (χ1) is 9.98. The quantitative estimate of drug-likeness (QED) is 0.720. The van der Waals surface area contributed by atoms with Gasteiger partial charge in [-0.2, -0.15) is 4.98 Å². The molecule has 120 valence electrons. The molecule has 0 saturated carbocycles. The van der Waals surface area contributed by atoms with E-state index >= 15 is 0 Å². The summed E-state index contributed by atoms with van der Waals surface area (Å²) in [6.07, 6.45) is 0.446. The highest BCUT2D eigenvalue weighted by atomic mass is 19.3. The number of alkyl halides is 2. The summed E-state index contributed by atoms with van der Waals surface area (Å²) in [5.74, 6) is 0.219. The average Bonchev–Trinajstić information content (AvgIpc) is 2.81. The molecule has 0 spiro atoms. The lowest BCUT2D eigenvalue weighted by atomic mass is 10.2. The fourth-order valence-electron chi connectivity index (χ4n) is 2.05. The zero-order chi connectivity index (χ0) is 16.0. The molecular formula is C12H19F2N3O4. The number of nitrogens with zero attached hydrogens (tertiary/aromatic N) is 2. The van der Waals surface area contributed by atoms with E-state index in [1.54, 1.807) is 6.20 Å². The molecule has 3 unspecified atom stereocenters. The molecule has 1 aromatic heterocycles. The average molecular weight is 307 g/mol. The molecule has 1 aliphatic heterocycles. The van der Waals surface area contributed by atoms with Gasteiger partial charge in [0.25, 0.3) is 0 Å². The van der Waals surface area contributed by atoms with Crippen molar-refractivity contribution in [3.63, 3.8) is 0 Å². The van der Waals surface area contributed by atoms with E-state index < -0.39 is 31.1 Å². The fraction of sp³-hybridized carbons (Fsp3) is 0.667. The van der Waals surface area contributed by atoms with Crippen molar-refractivity contribution in [2.45, 2.75) is 38.2 Å². The zero-order valence-corrected chi connectivity index (χ0v) is 11.6. The van der Waals surface area contributed by atoms with Crippen LogP contribution >= 0.6 is 0 Å². The second kappa shape index (κ2) is 8.01. The van der Waals surface area contributed by atoms with Gasteiger partial charge in [0.1, 0.15) is 18.1 Å². The predicted molar refractivity (Wildman–Crippen MR) is 71.0 cm³/mol. The van der Waals surface area contributed by atoms with Gasteiger partial charge in [-0.05, 0) is 6.42 Å². The number of hydrogen-bond acceptors (Lipinski definition) is 6. The van der Waals surface area contributed by atoms with Crippen LogP contribution in [0.4, 0.5) is 14.6 Å². The van der Waals surface area contributed by atoms with E-state index in [9.17, 15) is 18.7 Å². The largest absolute Gasteiger partial charge is 0.394 e. The van der Waals surface area contributed by atoms with Crippen molar-refractivity contribution < 1.29 is 23.7 Å². The SMILES string of the molecule is CCc1cn(C2CC(O)C(CO)O2)c(=O)nc1N.FCF. The smallest absolute Gasteiger partial charge is 0.351 e. The number of aliphatic hydroxyl groups is 2. The van der Waals surface area contributed by atoms with Crippen LogP contribution in [0.15, 0.2) is 11.0 Å². The van der Waals surface area contributed by atoms with Gasteiger partial charge < -0.3 is 20.7 Å². The summed E-state index contributed by atoms with van der Waals surface area (Å²) in [5.41, 5.74) is 5.86. The lowest BCUT2D eigenvalue weighted by Crippen LogP contribution is -2.29. The maximum atomic E-state index is 11.7. The van der Waals surface area contributed by atoms with Crippen LogP contribution in [0.2, 0.25) is 0 Å². The van der Waals surface area contributed by atoms with Crippen molar-refractivity contribution in [2.24, 2.45) is 0 Å². The number of aliphatic hydroxyl groups excluding tert-OH is 2. The summed E-state index contributed by atoms with van der Waals surface area (Å²) in [5, 5.41) is 18.7. The molecule has 4 N–H and O–H groups in total. The fourth-order valence-corrected chi connectivity index (χ4v) is 2.05. The van der Waals surface area contributed by atoms with Gasteiger partial charge in [-0.15, -0.1) is 0 Å². The summed E-state index contributed by atoms with van der Waals surface area (Å²) >= 11 is 0. The van der Waals surface area contributed by atoms with Crippen molar-refractivity contribution in [1.29, 1.82) is 0 Å². The van der Waals surface area contributed by atoms with Crippen molar-refractivity contribution in [3.8, 4) is 0 Å². The Morgan fingerprint density at radius 2 is 2.19 bits per heavy atom. The van der Waals surface area contributed by atoms with Gasteiger partial charge >= 0.3 is 5.69 Å². The first-order valence-corrected chi connectivity index (χ1v) is 6.42. The van der Waals surface area contributed by atoms with Crippen molar-refractivity contribution in [3.05, 3.63) is 22.2 Å². The number of rotatable bonds is 3. The van der Waals surface area contributed by atoms with Gasteiger partial charge in [-0.1, -0.05) is 6.92 Å². The van der Waals surface area contributed by atoms with Crippen LogP contribution < -0.4 is 11.4 Å². The molecule has 1 aliphatic rings. The third-order valence-electron chi connectivity index (χ3n) is 3.14. The molecule has 1 aromatic rings. The summed E-state index contributed by atoms with van der Waals surface area (Å²) in [4.78, 5) is 15.5. The first-order valence-electron chi connectivity index (χ1n) is 6.42. The van der Waals surface area contributed by atoms with E-state index in [0.29, 0.717) is 6.42 Å². The number of hydrogen-bond donors (Lipinski definition) is 3. The summed E-state index contributed by atoms with van der Waals surface area (Å²) in [6.45, 7) is -0.126. The Morgan fingerprint density at radius 1 is 1.57 bits per heavy atom. The molecule has 3 atom stereocenters. The molecule has 0 radical (unpaired) electrons. The molecule has 0 aliphatic carbocycles. The topological polar surface area (TPSA) is 111 Å². The Hall–Kier alpha value is -1.58. The number of aromatic nitrogens is 2.